The highest BCUT2D eigenvalue weighted by Gasteiger charge is 2.18. The number of methoxy groups -OCH3 is 3. The second kappa shape index (κ2) is 7.47. The van der Waals surface area contributed by atoms with E-state index >= 15 is 0 Å². The Kier molecular flexibility index (Phi) is 4.84. The first-order valence-electron chi connectivity index (χ1n) is 9.02. The number of oxazole rings is 1. The predicted octanol–water partition coefficient (Wildman–Crippen LogP) is 5.64. The van der Waals surface area contributed by atoms with Crippen LogP contribution in [0.25, 0.3) is 33.7 Å². The van der Waals surface area contributed by atoms with Crippen molar-refractivity contribution in [2.24, 2.45) is 0 Å². The van der Waals surface area contributed by atoms with Crippen LogP contribution in [-0.2, 0) is 0 Å². The molecule has 5 nitrogen and oxygen atoms in total. The maximum Gasteiger partial charge on any atom is 0.227 e. The fourth-order valence-electron chi connectivity index (χ4n) is 3.32. The van der Waals surface area contributed by atoms with Crippen molar-refractivity contribution >= 4 is 11.1 Å². The molecule has 0 bridgehead atoms. The van der Waals surface area contributed by atoms with Crippen molar-refractivity contribution < 1.29 is 23.0 Å². The van der Waals surface area contributed by atoms with Gasteiger partial charge >= 0.3 is 0 Å². The zero-order valence-electron chi connectivity index (χ0n) is 16.6. The molecular formula is C23H20FNO4. The average molecular weight is 393 g/mol. The fourth-order valence-corrected chi connectivity index (χ4v) is 3.32. The molecule has 0 saturated heterocycles. The van der Waals surface area contributed by atoms with Gasteiger partial charge in [0.25, 0.3) is 0 Å². The summed E-state index contributed by atoms with van der Waals surface area (Å²) in [5, 5.41) is 0. The van der Waals surface area contributed by atoms with Crippen LogP contribution in [0.3, 0.4) is 0 Å². The van der Waals surface area contributed by atoms with Gasteiger partial charge < -0.3 is 18.6 Å². The summed E-state index contributed by atoms with van der Waals surface area (Å²) < 4.78 is 35.9. The van der Waals surface area contributed by atoms with Gasteiger partial charge in [0.05, 0.1) is 21.3 Å². The lowest BCUT2D eigenvalue weighted by molar-refractivity contribution is 0.325. The molecule has 0 saturated carbocycles. The second-order valence-corrected chi connectivity index (χ2v) is 6.55. The zero-order valence-corrected chi connectivity index (χ0v) is 16.6. The van der Waals surface area contributed by atoms with Crippen molar-refractivity contribution in [2.45, 2.75) is 6.92 Å². The quantitative estimate of drug-likeness (QED) is 0.439. The predicted molar refractivity (Wildman–Crippen MR) is 109 cm³/mol. The molecule has 0 aliphatic carbocycles. The molecular weight excluding hydrogens is 373 g/mol. The number of fused-ring (bicyclic) bond motifs is 1. The molecule has 29 heavy (non-hydrogen) atoms. The second-order valence-electron chi connectivity index (χ2n) is 6.55. The summed E-state index contributed by atoms with van der Waals surface area (Å²) >= 11 is 0. The first kappa shape index (κ1) is 18.8. The first-order valence-corrected chi connectivity index (χ1v) is 9.02. The third-order valence-electron chi connectivity index (χ3n) is 4.81. The Labute approximate surface area is 167 Å². The summed E-state index contributed by atoms with van der Waals surface area (Å²) in [7, 11) is 4.74. The first-order chi connectivity index (χ1) is 14.0. The molecule has 3 aromatic carbocycles. The Hall–Kier alpha value is -3.54. The lowest BCUT2D eigenvalue weighted by Crippen LogP contribution is -1.96. The molecule has 4 rings (SSSR count). The number of hydrogen-bond acceptors (Lipinski definition) is 5. The highest BCUT2D eigenvalue weighted by Crippen LogP contribution is 2.44. The van der Waals surface area contributed by atoms with E-state index in [0.717, 1.165) is 16.7 Å². The van der Waals surface area contributed by atoms with Crippen LogP contribution in [0.5, 0.6) is 17.2 Å². The molecule has 148 valence electrons. The van der Waals surface area contributed by atoms with Crippen LogP contribution in [0.1, 0.15) is 5.56 Å². The number of nitrogens with zero attached hydrogens (tertiary/aromatic N) is 1. The van der Waals surface area contributed by atoms with Crippen LogP contribution < -0.4 is 14.2 Å². The van der Waals surface area contributed by atoms with Crippen LogP contribution in [-0.4, -0.2) is 26.3 Å². The van der Waals surface area contributed by atoms with Crippen molar-refractivity contribution in [2.75, 3.05) is 21.3 Å². The van der Waals surface area contributed by atoms with E-state index in [1.165, 1.54) is 6.07 Å². The number of rotatable bonds is 5. The summed E-state index contributed by atoms with van der Waals surface area (Å²) in [5.41, 5.74) is 4.32. The molecule has 0 spiro atoms. The number of halogens is 1. The minimum atomic E-state index is -0.257. The molecule has 1 aromatic heterocycles. The van der Waals surface area contributed by atoms with Gasteiger partial charge in [-0.25, -0.2) is 9.37 Å². The zero-order chi connectivity index (χ0) is 20.5. The third-order valence-corrected chi connectivity index (χ3v) is 4.81. The number of aromatic nitrogens is 1. The van der Waals surface area contributed by atoms with E-state index < -0.39 is 0 Å². The highest BCUT2D eigenvalue weighted by molar-refractivity contribution is 5.85. The standard InChI is InChI=1S/C23H20FNO4/c1-13-11-15(5-8-17(13)24)23-25-18-9-6-14(12-20(18)29-23)16-7-10-19(26-2)22(28-4)21(16)27-3/h5-12H,1-4H3. The average Bonchev–Trinajstić information content (AvgIpc) is 3.17. The van der Waals surface area contributed by atoms with Crippen molar-refractivity contribution in [1.29, 1.82) is 0 Å². The van der Waals surface area contributed by atoms with Crippen molar-refractivity contribution in [3.05, 3.63) is 59.9 Å². The molecule has 0 aliphatic heterocycles. The van der Waals surface area contributed by atoms with Gasteiger partial charge in [0.1, 0.15) is 11.3 Å². The summed E-state index contributed by atoms with van der Waals surface area (Å²) in [6.07, 6.45) is 0. The Morgan fingerprint density at radius 3 is 2.28 bits per heavy atom. The lowest BCUT2D eigenvalue weighted by Gasteiger charge is -2.15. The molecule has 4 aromatic rings. The Bertz CT molecular complexity index is 1200. The molecule has 0 radical (unpaired) electrons. The molecule has 6 heteroatoms. The van der Waals surface area contributed by atoms with Crippen LogP contribution >= 0.6 is 0 Å². The van der Waals surface area contributed by atoms with Gasteiger partial charge in [-0.05, 0) is 60.5 Å². The van der Waals surface area contributed by atoms with E-state index in [1.54, 1.807) is 40.4 Å². The van der Waals surface area contributed by atoms with Crippen molar-refractivity contribution in [3.8, 4) is 39.8 Å². The topological polar surface area (TPSA) is 53.7 Å². The minimum Gasteiger partial charge on any atom is -0.493 e. The summed E-state index contributed by atoms with van der Waals surface area (Å²) in [6.45, 7) is 1.71. The smallest absolute Gasteiger partial charge is 0.227 e. The van der Waals surface area contributed by atoms with Gasteiger partial charge in [-0.3, -0.25) is 0 Å². The third kappa shape index (κ3) is 3.27. The summed E-state index contributed by atoms with van der Waals surface area (Å²) in [4.78, 5) is 4.53. The number of ether oxygens (including phenoxy) is 3. The normalized spacial score (nSPS) is 10.9. The van der Waals surface area contributed by atoms with E-state index in [-0.39, 0.29) is 5.82 Å². The molecule has 0 aliphatic rings. The molecule has 0 amide bonds. The molecule has 0 unspecified atom stereocenters. The SMILES string of the molecule is COc1ccc(-c2ccc3nc(-c4ccc(F)c(C)c4)oc3c2)c(OC)c1OC. The maximum atomic E-state index is 13.6. The van der Waals surface area contributed by atoms with Crippen LogP contribution in [0.15, 0.2) is 52.9 Å². The largest absolute Gasteiger partial charge is 0.493 e. The summed E-state index contributed by atoms with van der Waals surface area (Å²) in [6, 6.07) is 14.2. The van der Waals surface area contributed by atoms with Crippen LogP contribution in [0.2, 0.25) is 0 Å². The van der Waals surface area contributed by atoms with Crippen LogP contribution in [0.4, 0.5) is 4.39 Å². The van der Waals surface area contributed by atoms with E-state index in [2.05, 4.69) is 4.98 Å². The van der Waals surface area contributed by atoms with Crippen molar-refractivity contribution in [3.63, 3.8) is 0 Å². The lowest BCUT2D eigenvalue weighted by atomic mass is 10.0. The Morgan fingerprint density at radius 1 is 0.828 bits per heavy atom. The summed E-state index contributed by atoms with van der Waals surface area (Å²) in [5.74, 6) is 1.86. The minimum absolute atomic E-state index is 0.257. The van der Waals surface area contributed by atoms with Gasteiger partial charge in [-0.15, -0.1) is 0 Å². The van der Waals surface area contributed by atoms with E-state index in [9.17, 15) is 4.39 Å². The van der Waals surface area contributed by atoms with Gasteiger partial charge in [0.15, 0.2) is 17.1 Å². The van der Waals surface area contributed by atoms with Crippen LogP contribution in [0, 0.1) is 12.7 Å². The highest BCUT2D eigenvalue weighted by atomic mass is 19.1. The number of benzene rings is 3. The fraction of sp³-hybridized carbons (Fsp3) is 0.174. The van der Waals surface area contributed by atoms with Gasteiger partial charge in [-0.1, -0.05) is 6.07 Å². The van der Waals surface area contributed by atoms with Gasteiger partial charge in [-0.2, -0.15) is 0 Å². The number of hydrogen-bond donors (Lipinski definition) is 0. The Balaban J connectivity index is 1.81. The van der Waals surface area contributed by atoms with E-state index in [1.807, 2.05) is 30.3 Å². The molecule has 0 fully saturated rings. The van der Waals surface area contributed by atoms with Gasteiger partial charge in [0.2, 0.25) is 11.6 Å². The Morgan fingerprint density at radius 2 is 1.59 bits per heavy atom. The maximum absolute atomic E-state index is 13.6. The monoisotopic (exact) mass is 393 g/mol. The van der Waals surface area contributed by atoms with Gasteiger partial charge in [0, 0.05) is 11.1 Å². The molecule has 0 N–H and O–H groups in total. The number of aryl methyl sites for hydroxylation is 1. The molecule has 1 heterocycles. The van der Waals surface area contributed by atoms with Crippen molar-refractivity contribution in [1.82, 2.24) is 4.98 Å². The van der Waals surface area contributed by atoms with E-state index in [0.29, 0.717) is 39.8 Å². The van der Waals surface area contributed by atoms with E-state index in [4.69, 9.17) is 18.6 Å². The molecule has 0 atom stereocenters.